The lowest BCUT2D eigenvalue weighted by atomic mass is 10.1. The van der Waals surface area contributed by atoms with Crippen LogP contribution in [0.2, 0.25) is 0 Å². The van der Waals surface area contributed by atoms with Crippen LogP contribution < -0.4 is 5.73 Å². The standard InChI is InChI=1S/C18H18N6O2S/c19-18(26)16-8-7-15(27-16)14-2-1-9-23(14)17(25)10-12-3-5-13(6-4-12)24-11-20-21-22-24/h3-8,11,14H,1-2,9-10H2,(H2,19,26)/t14-/m1/s1. The minimum atomic E-state index is -0.426. The molecule has 0 spiro atoms. The fourth-order valence-corrected chi connectivity index (χ4v) is 4.36. The summed E-state index contributed by atoms with van der Waals surface area (Å²) < 4.78 is 1.56. The van der Waals surface area contributed by atoms with Crippen molar-refractivity contribution < 1.29 is 9.59 Å². The molecule has 1 saturated heterocycles. The van der Waals surface area contributed by atoms with Crippen LogP contribution >= 0.6 is 11.3 Å². The predicted octanol–water partition coefficient (Wildman–Crippen LogP) is 1.73. The Morgan fingerprint density at radius 3 is 2.67 bits per heavy atom. The molecule has 1 atom stereocenters. The molecule has 4 rings (SSSR count). The first-order valence-corrected chi connectivity index (χ1v) is 9.45. The van der Waals surface area contributed by atoms with Crippen molar-refractivity contribution >= 4 is 23.2 Å². The number of aromatic nitrogens is 4. The highest BCUT2D eigenvalue weighted by molar-refractivity contribution is 7.14. The topological polar surface area (TPSA) is 107 Å². The number of rotatable bonds is 5. The molecule has 0 radical (unpaired) electrons. The minimum absolute atomic E-state index is 0.0242. The van der Waals surface area contributed by atoms with Gasteiger partial charge in [0.25, 0.3) is 5.91 Å². The third-order valence-electron chi connectivity index (χ3n) is 4.68. The number of carbonyl (C=O) groups is 2. The number of nitrogens with zero attached hydrogens (tertiary/aromatic N) is 5. The van der Waals surface area contributed by atoms with Crippen molar-refractivity contribution in [3.05, 3.63) is 58.0 Å². The summed E-state index contributed by atoms with van der Waals surface area (Å²) in [6.07, 6.45) is 3.72. The summed E-state index contributed by atoms with van der Waals surface area (Å²) in [4.78, 5) is 27.6. The van der Waals surface area contributed by atoms with Crippen LogP contribution in [0.25, 0.3) is 5.69 Å². The van der Waals surface area contributed by atoms with E-state index in [1.807, 2.05) is 35.2 Å². The Morgan fingerprint density at radius 1 is 1.19 bits per heavy atom. The van der Waals surface area contributed by atoms with Gasteiger partial charge < -0.3 is 10.6 Å². The van der Waals surface area contributed by atoms with Gasteiger partial charge in [0, 0.05) is 11.4 Å². The van der Waals surface area contributed by atoms with Gasteiger partial charge in [-0.25, -0.2) is 4.68 Å². The zero-order valence-corrected chi connectivity index (χ0v) is 15.3. The van der Waals surface area contributed by atoms with Crippen LogP contribution in [0.5, 0.6) is 0 Å². The average molecular weight is 382 g/mol. The third-order valence-corrected chi connectivity index (χ3v) is 5.88. The van der Waals surface area contributed by atoms with E-state index in [2.05, 4.69) is 15.5 Å². The van der Waals surface area contributed by atoms with E-state index in [0.29, 0.717) is 11.3 Å². The van der Waals surface area contributed by atoms with Crippen LogP contribution in [-0.4, -0.2) is 43.5 Å². The zero-order valence-electron chi connectivity index (χ0n) is 14.5. The first-order valence-electron chi connectivity index (χ1n) is 8.63. The van der Waals surface area contributed by atoms with E-state index in [4.69, 9.17) is 5.73 Å². The quantitative estimate of drug-likeness (QED) is 0.723. The maximum Gasteiger partial charge on any atom is 0.258 e. The molecule has 0 unspecified atom stereocenters. The number of nitrogens with two attached hydrogens (primary N) is 1. The molecule has 1 fully saturated rings. The predicted molar refractivity (Wildman–Crippen MR) is 99.4 cm³/mol. The molecule has 9 heteroatoms. The van der Waals surface area contributed by atoms with Gasteiger partial charge in [-0.3, -0.25) is 9.59 Å². The summed E-state index contributed by atoms with van der Waals surface area (Å²) in [5.41, 5.74) is 7.12. The van der Waals surface area contributed by atoms with E-state index in [1.165, 1.54) is 17.7 Å². The molecule has 2 amide bonds. The summed E-state index contributed by atoms with van der Waals surface area (Å²) in [5.74, 6) is -0.341. The second-order valence-corrected chi connectivity index (χ2v) is 7.52. The van der Waals surface area contributed by atoms with Crippen molar-refractivity contribution in [1.29, 1.82) is 0 Å². The van der Waals surface area contributed by atoms with Crippen LogP contribution in [-0.2, 0) is 11.2 Å². The Morgan fingerprint density at radius 2 is 2.00 bits per heavy atom. The van der Waals surface area contributed by atoms with Crippen molar-refractivity contribution in [3.8, 4) is 5.69 Å². The third kappa shape index (κ3) is 3.59. The first kappa shape index (κ1) is 17.3. The first-order chi connectivity index (χ1) is 13.1. The van der Waals surface area contributed by atoms with Crippen molar-refractivity contribution in [2.24, 2.45) is 5.73 Å². The van der Waals surface area contributed by atoms with Crippen LogP contribution in [0.1, 0.15) is 39.0 Å². The number of benzene rings is 1. The van der Waals surface area contributed by atoms with Gasteiger partial charge in [-0.15, -0.1) is 16.4 Å². The number of hydrogen-bond donors (Lipinski definition) is 1. The Hall–Kier alpha value is -3.07. The summed E-state index contributed by atoms with van der Waals surface area (Å²) in [6.45, 7) is 0.732. The maximum absolute atomic E-state index is 12.9. The van der Waals surface area contributed by atoms with Gasteiger partial charge in [-0.1, -0.05) is 12.1 Å². The van der Waals surface area contributed by atoms with Crippen molar-refractivity contribution in [1.82, 2.24) is 25.1 Å². The lowest BCUT2D eigenvalue weighted by molar-refractivity contribution is -0.131. The zero-order chi connectivity index (χ0) is 18.8. The highest BCUT2D eigenvalue weighted by atomic mass is 32.1. The number of hydrogen-bond acceptors (Lipinski definition) is 6. The minimum Gasteiger partial charge on any atom is -0.365 e. The van der Waals surface area contributed by atoms with Crippen LogP contribution in [0.3, 0.4) is 0 Å². The Kier molecular flexibility index (Phi) is 4.68. The van der Waals surface area contributed by atoms with Gasteiger partial charge >= 0.3 is 0 Å². The number of thiophene rings is 1. The SMILES string of the molecule is NC(=O)c1ccc([C@H]2CCCN2C(=O)Cc2ccc(-n3cnnn3)cc2)s1. The molecule has 1 aromatic carbocycles. The molecular weight excluding hydrogens is 364 g/mol. The van der Waals surface area contributed by atoms with E-state index in [0.717, 1.165) is 35.5 Å². The van der Waals surface area contributed by atoms with Gasteiger partial charge in [-0.05, 0) is 53.1 Å². The Bertz CT molecular complexity index is 951. The number of primary amides is 1. The highest BCUT2D eigenvalue weighted by Gasteiger charge is 2.31. The van der Waals surface area contributed by atoms with E-state index < -0.39 is 5.91 Å². The maximum atomic E-state index is 12.9. The molecule has 1 aliphatic heterocycles. The van der Waals surface area contributed by atoms with Crippen LogP contribution in [0.4, 0.5) is 0 Å². The molecule has 2 aromatic heterocycles. The molecule has 138 valence electrons. The van der Waals surface area contributed by atoms with Crippen LogP contribution in [0, 0.1) is 0 Å². The monoisotopic (exact) mass is 382 g/mol. The fourth-order valence-electron chi connectivity index (χ4n) is 3.35. The van der Waals surface area contributed by atoms with Gasteiger partial charge in [-0.2, -0.15) is 0 Å². The molecule has 2 N–H and O–H groups in total. The van der Waals surface area contributed by atoms with Crippen molar-refractivity contribution in [3.63, 3.8) is 0 Å². The number of amides is 2. The van der Waals surface area contributed by atoms with Gasteiger partial charge in [0.05, 0.1) is 23.0 Å². The van der Waals surface area contributed by atoms with Crippen molar-refractivity contribution in [2.45, 2.75) is 25.3 Å². The lowest BCUT2D eigenvalue weighted by Crippen LogP contribution is -2.31. The highest BCUT2D eigenvalue weighted by Crippen LogP contribution is 2.36. The Balaban J connectivity index is 1.46. The molecule has 1 aliphatic rings. The van der Waals surface area contributed by atoms with Gasteiger partial charge in [0.15, 0.2) is 0 Å². The molecule has 3 aromatic rings. The Labute approximate surface area is 159 Å². The molecule has 3 heterocycles. The molecule has 0 aliphatic carbocycles. The van der Waals surface area contributed by atoms with Crippen LogP contribution in [0.15, 0.2) is 42.7 Å². The summed E-state index contributed by atoms with van der Waals surface area (Å²) >= 11 is 1.38. The van der Waals surface area contributed by atoms with Crippen molar-refractivity contribution in [2.75, 3.05) is 6.54 Å². The smallest absolute Gasteiger partial charge is 0.258 e. The summed E-state index contributed by atoms with van der Waals surface area (Å²) in [5, 5.41) is 11.1. The number of likely N-dealkylation sites (tertiary alicyclic amines) is 1. The normalized spacial score (nSPS) is 16.6. The number of carbonyl (C=O) groups excluding carboxylic acids is 2. The van der Waals surface area contributed by atoms with Gasteiger partial charge in [0.1, 0.15) is 6.33 Å². The van der Waals surface area contributed by atoms with E-state index in [-0.39, 0.29) is 11.9 Å². The second-order valence-electron chi connectivity index (χ2n) is 6.41. The van der Waals surface area contributed by atoms with E-state index in [1.54, 1.807) is 10.7 Å². The average Bonchev–Trinajstić information content (AvgIpc) is 3.42. The second kappa shape index (κ2) is 7.28. The summed E-state index contributed by atoms with van der Waals surface area (Å²) in [7, 11) is 0. The molecule has 8 nitrogen and oxygen atoms in total. The van der Waals surface area contributed by atoms with E-state index in [9.17, 15) is 9.59 Å². The lowest BCUT2D eigenvalue weighted by Gasteiger charge is -2.24. The molecule has 0 bridgehead atoms. The number of tetrazole rings is 1. The van der Waals surface area contributed by atoms with E-state index >= 15 is 0 Å². The largest absolute Gasteiger partial charge is 0.365 e. The molecule has 27 heavy (non-hydrogen) atoms. The molecular formula is C18H18N6O2S. The fraction of sp³-hybridized carbons (Fsp3) is 0.278. The van der Waals surface area contributed by atoms with Gasteiger partial charge in [0.2, 0.25) is 5.91 Å². The summed E-state index contributed by atoms with van der Waals surface area (Å²) in [6, 6.07) is 11.3. The molecule has 0 saturated carbocycles.